The van der Waals surface area contributed by atoms with Crippen molar-refractivity contribution in [2.24, 2.45) is 11.3 Å². The molecule has 9 heteroatoms. The van der Waals surface area contributed by atoms with Gasteiger partial charge in [-0.3, -0.25) is 19.3 Å². The van der Waals surface area contributed by atoms with Crippen LogP contribution < -0.4 is 0 Å². The van der Waals surface area contributed by atoms with E-state index in [0.29, 0.717) is 0 Å². The molecule has 3 atom stereocenters. The molecule has 1 heterocycles. The molecular formula is C19H31NO8. The van der Waals surface area contributed by atoms with Crippen LogP contribution in [0, 0.1) is 11.3 Å². The van der Waals surface area contributed by atoms with E-state index in [1.807, 2.05) is 20.8 Å². The second-order valence-electron chi connectivity index (χ2n) is 8.70. The Labute approximate surface area is 165 Å². The summed E-state index contributed by atoms with van der Waals surface area (Å²) in [6.07, 6.45) is -1.29. The molecule has 9 nitrogen and oxygen atoms in total. The monoisotopic (exact) mass is 401 g/mol. The zero-order valence-corrected chi connectivity index (χ0v) is 17.9. The third-order valence-corrected chi connectivity index (χ3v) is 4.06. The molecule has 0 N–H and O–H groups in total. The summed E-state index contributed by atoms with van der Waals surface area (Å²) < 4.78 is 20.4. The maximum atomic E-state index is 13.3. The summed E-state index contributed by atoms with van der Waals surface area (Å²) in [7, 11) is 2.36. The van der Waals surface area contributed by atoms with Crippen molar-refractivity contribution in [2.75, 3.05) is 20.8 Å². The van der Waals surface area contributed by atoms with E-state index in [1.54, 1.807) is 20.8 Å². The second-order valence-corrected chi connectivity index (χ2v) is 8.70. The molecule has 1 rings (SSSR count). The third kappa shape index (κ3) is 5.92. The Morgan fingerprint density at radius 2 is 1.61 bits per heavy atom. The summed E-state index contributed by atoms with van der Waals surface area (Å²) in [5, 5.41) is 0. The number of ether oxygens (including phenoxy) is 4. The Balaban J connectivity index is 3.31. The Kier molecular flexibility index (Phi) is 7.59. The Hall–Kier alpha value is -2.16. The average Bonchev–Trinajstić information content (AvgIpc) is 3.01. The molecule has 28 heavy (non-hydrogen) atoms. The molecule has 160 valence electrons. The van der Waals surface area contributed by atoms with Gasteiger partial charge in [-0.25, -0.2) is 4.79 Å². The first kappa shape index (κ1) is 23.9. The first-order valence-corrected chi connectivity index (χ1v) is 9.04. The quantitative estimate of drug-likeness (QED) is 0.385. The van der Waals surface area contributed by atoms with Crippen LogP contribution in [0.4, 0.5) is 0 Å². The van der Waals surface area contributed by atoms with Crippen molar-refractivity contribution in [2.45, 2.75) is 65.8 Å². The van der Waals surface area contributed by atoms with Gasteiger partial charge in [0.25, 0.3) is 0 Å². The first-order valence-electron chi connectivity index (χ1n) is 9.04. The molecule has 0 unspecified atom stereocenters. The molecule has 1 saturated heterocycles. The van der Waals surface area contributed by atoms with Crippen molar-refractivity contribution < 1.29 is 38.1 Å². The van der Waals surface area contributed by atoms with Gasteiger partial charge in [0.2, 0.25) is 5.91 Å². The van der Waals surface area contributed by atoms with E-state index in [2.05, 4.69) is 4.74 Å². The summed E-state index contributed by atoms with van der Waals surface area (Å²) in [4.78, 5) is 51.2. The zero-order valence-electron chi connectivity index (χ0n) is 17.9. The van der Waals surface area contributed by atoms with E-state index < -0.39 is 59.4 Å². The van der Waals surface area contributed by atoms with Gasteiger partial charge in [-0.15, -0.1) is 0 Å². The lowest BCUT2D eigenvalue weighted by Gasteiger charge is -2.36. The predicted molar refractivity (Wildman–Crippen MR) is 97.8 cm³/mol. The molecule has 0 aliphatic carbocycles. The van der Waals surface area contributed by atoms with E-state index in [0.717, 1.165) is 7.11 Å². The minimum atomic E-state index is -1.47. The minimum Gasteiger partial charge on any atom is -0.469 e. The van der Waals surface area contributed by atoms with Crippen LogP contribution in [0.1, 0.15) is 48.0 Å². The van der Waals surface area contributed by atoms with E-state index in [1.165, 1.54) is 12.0 Å². The van der Waals surface area contributed by atoms with Crippen molar-refractivity contribution >= 4 is 23.8 Å². The highest BCUT2D eigenvalue weighted by atomic mass is 16.6. The molecule has 1 aliphatic heterocycles. The summed E-state index contributed by atoms with van der Waals surface area (Å²) in [5.74, 6) is -4.49. The fourth-order valence-corrected chi connectivity index (χ4v) is 2.83. The number of methoxy groups -OCH3 is 2. The number of esters is 3. The van der Waals surface area contributed by atoms with Crippen LogP contribution >= 0.6 is 0 Å². The number of amides is 1. The average molecular weight is 401 g/mol. The number of rotatable bonds is 5. The van der Waals surface area contributed by atoms with E-state index in [4.69, 9.17) is 14.2 Å². The van der Waals surface area contributed by atoms with Crippen LogP contribution in [0.5, 0.6) is 0 Å². The van der Waals surface area contributed by atoms with Gasteiger partial charge < -0.3 is 18.9 Å². The maximum Gasteiger partial charge on any atom is 0.331 e. The van der Waals surface area contributed by atoms with Crippen molar-refractivity contribution in [3.05, 3.63) is 0 Å². The summed E-state index contributed by atoms with van der Waals surface area (Å²) in [6.45, 7) is 10.4. The van der Waals surface area contributed by atoms with Crippen molar-refractivity contribution in [3.8, 4) is 0 Å². The number of hydrogen-bond donors (Lipinski definition) is 0. The van der Waals surface area contributed by atoms with Crippen LogP contribution in [0.25, 0.3) is 0 Å². The van der Waals surface area contributed by atoms with E-state index in [9.17, 15) is 19.2 Å². The van der Waals surface area contributed by atoms with Crippen molar-refractivity contribution in [1.82, 2.24) is 4.90 Å². The largest absolute Gasteiger partial charge is 0.469 e. The van der Waals surface area contributed by atoms with E-state index >= 15 is 0 Å². The van der Waals surface area contributed by atoms with Crippen LogP contribution in [0.3, 0.4) is 0 Å². The van der Waals surface area contributed by atoms with Gasteiger partial charge >= 0.3 is 17.9 Å². The normalized spacial score (nSPS) is 21.1. The van der Waals surface area contributed by atoms with Gasteiger partial charge in [0, 0.05) is 5.41 Å². The Morgan fingerprint density at radius 3 is 2.04 bits per heavy atom. The predicted octanol–water partition coefficient (Wildman–Crippen LogP) is 1.28. The number of carbonyl (C=O) groups is 4. The molecule has 0 aromatic carbocycles. The Bertz CT molecular complexity index is 616. The topological polar surface area (TPSA) is 108 Å². The Morgan fingerprint density at radius 1 is 1.04 bits per heavy atom. The fraction of sp³-hybridized carbons (Fsp3) is 0.789. The lowest BCUT2D eigenvalue weighted by molar-refractivity contribution is -0.173. The molecule has 0 saturated carbocycles. The highest BCUT2D eigenvalue weighted by Gasteiger charge is 2.51. The van der Waals surface area contributed by atoms with Crippen molar-refractivity contribution in [3.63, 3.8) is 0 Å². The molecule has 1 aliphatic rings. The molecule has 0 bridgehead atoms. The second kappa shape index (κ2) is 8.89. The smallest absolute Gasteiger partial charge is 0.331 e. The first-order chi connectivity index (χ1) is 12.7. The number of hydrogen-bond acceptors (Lipinski definition) is 8. The van der Waals surface area contributed by atoms with Gasteiger partial charge in [0.15, 0.2) is 6.04 Å². The molecule has 0 spiro atoms. The van der Waals surface area contributed by atoms with Crippen LogP contribution in [-0.2, 0) is 38.1 Å². The standard InChI is InChI=1S/C19H31NO8/c1-18(2,3)17-20(12(10-27-17)16(24)26-8)14(22)11(9-13(21)25-7)15(23)28-19(4,5)6/h11-12,17H,9-10H2,1-8H3/t11-,12-,17+/m0/s1. The molecule has 0 aromatic rings. The zero-order chi connectivity index (χ0) is 21.9. The third-order valence-electron chi connectivity index (χ3n) is 4.06. The molecule has 1 amide bonds. The highest BCUT2D eigenvalue weighted by Crippen LogP contribution is 2.34. The van der Waals surface area contributed by atoms with Gasteiger partial charge in [-0.2, -0.15) is 0 Å². The van der Waals surface area contributed by atoms with Crippen molar-refractivity contribution in [1.29, 1.82) is 0 Å². The van der Waals surface area contributed by atoms with Gasteiger partial charge in [-0.05, 0) is 20.8 Å². The lowest BCUT2D eigenvalue weighted by Crippen LogP contribution is -2.54. The van der Waals surface area contributed by atoms with Crippen LogP contribution in [-0.4, -0.2) is 67.4 Å². The number of nitrogens with zero attached hydrogens (tertiary/aromatic N) is 1. The lowest BCUT2D eigenvalue weighted by atomic mass is 9.91. The van der Waals surface area contributed by atoms with Crippen LogP contribution in [0.2, 0.25) is 0 Å². The molecular weight excluding hydrogens is 370 g/mol. The molecule has 0 radical (unpaired) electrons. The highest BCUT2D eigenvalue weighted by molar-refractivity contribution is 6.02. The maximum absolute atomic E-state index is 13.3. The van der Waals surface area contributed by atoms with Gasteiger partial charge in [0.1, 0.15) is 17.7 Å². The molecule has 1 fully saturated rings. The number of carbonyl (C=O) groups excluding carboxylic acids is 4. The molecule has 0 aromatic heterocycles. The minimum absolute atomic E-state index is 0.0698. The summed E-state index contributed by atoms with van der Waals surface area (Å²) in [6, 6.07) is -1.02. The SMILES string of the molecule is COC(=O)C[C@H](C(=O)OC(C)(C)C)C(=O)N1[C@H](C(=O)OC)CO[C@@H]1C(C)(C)C. The summed E-state index contributed by atoms with van der Waals surface area (Å²) >= 11 is 0. The van der Waals surface area contributed by atoms with Crippen LogP contribution in [0.15, 0.2) is 0 Å². The van der Waals surface area contributed by atoms with Gasteiger partial charge in [0.05, 0.1) is 27.2 Å². The fourth-order valence-electron chi connectivity index (χ4n) is 2.83. The van der Waals surface area contributed by atoms with E-state index in [-0.39, 0.29) is 6.61 Å². The summed E-state index contributed by atoms with van der Waals surface area (Å²) in [5.41, 5.74) is -1.42. The van der Waals surface area contributed by atoms with Gasteiger partial charge in [-0.1, -0.05) is 20.8 Å².